The predicted molar refractivity (Wildman–Crippen MR) is 109 cm³/mol. The summed E-state index contributed by atoms with van der Waals surface area (Å²) in [6, 6.07) is 9.87. The SMILES string of the molecule is Cc1c(C(=O)NCC[C@H](C)N2CCCC2)cccc1-n1nnc2cccnc21. The zero-order chi connectivity index (χ0) is 19.5. The van der Waals surface area contributed by atoms with Crippen molar-refractivity contribution in [2.24, 2.45) is 0 Å². The first kappa shape index (κ1) is 18.6. The highest BCUT2D eigenvalue weighted by atomic mass is 16.1. The van der Waals surface area contributed by atoms with Gasteiger partial charge in [0.1, 0.15) is 5.52 Å². The maximum absolute atomic E-state index is 12.8. The molecule has 0 unspecified atom stereocenters. The van der Waals surface area contributed by atoms with Crippen molar-refractivity contribution in [3.8, 4) is 5.69 Å². The van der Waals surface area contributed by atoms with Crippen LogP contribution >= 0.6 is 0 Å². The molecule has 1 amide bonds. The summed E-state index contributed by atoms with van der Waals surface area (Å²) in [7, 11) is 0. The summed E-state index contributed by atoms with van der Waals surface area (Å²) in [5.41, 5.74) is 3.76. The van der Waals surface area contributed by atoms with Gasteiger partial charge in [0, 0.05) is 24.3 Å². The molecule has 0 bridgehead atoms. The van der Waals surface area contributed by atoms with Crippen LogP contribution in [-0.2, 0) is 0 Å². The van der Waals surface area contributed by atoms with Gasteiger partial charge in [-0.05, 0) is 76.0 Å². The highest BCUT2D eigenvalue weighted by molar-refractivity contribution is 5.96. The summed E-state index contributed by atoms with van der Waals surface area (Å²) in [6.45, 7) is 7.21. The Kier molecular flexibility index (Phi) is 5.34. The Hall–Kier alpha value is -2.80. The third-order valence-electron chi connectivity index (χ3n) is 5.60. The molecule has 7 nitrogen and oxygen atoms in total. The summed E-state index contributed by atoms with van der Waals surface area (Å²) in [5, 5.41) is 11.5. The van der Waals surface area contributed by atoms with Gasteiger partial charge in [0.15, 0.2) is 5.65 Å². The van der Waals surface area contributed by atoms with Crippen molar-refractivity contribution in [3.05, 3.63) is 47.7 Å². The Morgan fingerprint density at radius 1 is 1.21 bits per heavy atom. The summed E-state index contributed by atoms with van der Waals surface area (Å²) < 4.78 is 1.69. The van der Waals surface area contributed by atoms with Crippen LogP contribution in [-0.4, -0.2) is 56.5 Å². The van der Waals surface area contributed by atoms with Crippen molar-refractivity contribution in [1.82, 2.24) is 30.2 Å². The van der Waals surface area contributed by atoms with Gasteiger partial charge in [0.2, 0.25) is 0 Å². The number of aromatic nitrogens is 4. The van der Waals surface area contributed by atoms with E-state index in [9.17, 15) is 4.79 Å². The standard InChI is InChI=1S/C21H26N6O/c1-15(26-13-3-4-14-26)10-12-23-21(28)17-7-5-9-19(16(17)2)27-20-18(24-25-27)8-6-11-22-20/h5-9,11,15H,3-4,10,12-14H2,1-2H3,(H,23,28)/t15-/m0/s1. The Morgan fingerprint density at radius 2 is 2.04 bits per heavy atom. The average Bonchev–Trinajstić information content (AvgIpc) is 3.38. The monoisotopic (exact) mass is 378 g/mol. The number of nitrogens with zero attached hydrogens (tertiary/aromatic N) is 5. The first-order valence-corrected chi connectivity index (χ1v) is 9.94. The van der Waals surface area contributed by atoms with Crippen molar-refractivity contribution in [3.63, 3.8) is 0 Å². The quantitative estimate of drug-likeness (QED) is 0.714. The maximum Gasteiger partial charge on any atom is 0.251 e. The Balaban J connectivity index is 1.48. The van der Waals surface area contributed by atoms with Crippen molar-refractivity contribution < 1.29 is 4.79 Å². The molecule has 3 aromatic rings. The van der Waals surface area contributed by atoms with Crippen LogP contribution in [0.1, 0.15) is 42.1 Å². The fourth-order valence-electron chi connectivity index (χ4n) is 3.88. The van der Waals surface area contributed by atoms with Crippen LogP contribution in [0.4, 0.5) is 0 Å². The second-order valence-electron chi connectivity index (χ2n) is 7.43. The average molecular weight is 378 g/mol. The van der Waals surface area contributed by atoms with Crippen LogP contribution < -0.4 is 5.32 Å². The van der Waals surface area contributed by atoms with Gasteiger partial charge in [-0.15, -0.1) is 5.10 Å². The molecule has 7 heteroatoms. The number of hydrogen-bond acceptors (Lipinski definition) is 5. The first-order valence-electron chi connectivity index (χ1n) is 9.94. The molecule has 1 aromatic carbocycles. The van der Waals surface area contributed by atoms with Crippen LogP contribution in [0.5, 0.6) is 0 Å². The number of benzene rings is 1. The molecule has 3 heterocycles. The van der Waals surface area contributed by atoms with E-state index >= 15 is 0 Å². The van der Waals surface area contributed by atoms with Crippen LogP contribution in [0.2, 0.25) is 0 Å². The smallest absolute Gasteiger partial charge is 0.251 e. The van der Waals surface area contributed by atoms with Crippen molar-refractivity contribution >= 4 is 17.1 Å². The molecule has 1 aliphatic rings. The molecule has 1 atom stereocenters. The normalized spacial score (nSPS) is 15.8. The van der Waals surface area contributed by atoms with Gasteiger partial charge in [-0.2, -0.15) is 4.68 Å². The molecule has 1 fully saturated rings. The van der Waals surface area contributed by atoms with E-state index in [-0.39, 0.29) is 5.91 Å². The lowest BCUT2D eigenvalue weighted by Crippen LogP contribution is -2.34. The Labute approximate surface area is 164 Å². The fourth-order valence-corrected chi connectivity index (χ4v) is 3.88. The Morgan fingerprint density at radius 3 is 2.86 bits per heavy atom. The van der Waals surface area contributed by atoms with E-state index in [0.717, 1.165) is 23.2 Å². The van der Waals surface area contributed by atoms with E-state index in [0.29, 0.717) is 23.8 Å². The molecule has 0 saturated carbocycles. The molecule has 0 aliphatic carbocycles. The number of rotatable bonds is 6. The van der Waals surface area contributed by atoms with Gasteiger partial charge in [0.05, 0.1) is 5.69 Å². The summed E-state index contributed by atoms with van der Waals surface area (Å²) in [6.07, 6.45) is 5.25. The molecular formula is C21H26N6O. The van der Waals surface area contributed by atoms with Gasteiger partial charge in [0.25, 0.3) is 5.91 Å². The minimum Gasteiger partial charge on any atom is -0.352 e. The number of carbonyl (C=O) groups excluding carboxylic acids is 1. The van der Waals surface area contributed by atoms with Crippen LogP contribution in [0, 0.1) is 6.92 Å². The lowest BCUT2D eigenvalue weighted by Gasteiger charge is -2.23. The molecule has 1 aliphatic heterocycles. The molecule has 28 heavy (non-hydrogen) atoms. The molecule has 2 aromatic heterocycles. The van der Waals surface area contributed by atoms with E-state index in [1.165, 1.54) is 25.9 Å². The minimum atomic E-state index is -0.0506. The zero-order valence-electron chi connectivity index (χ0n) is 16.4. The number of carbonyl (C=O) groups is 1. The Bertz CT molecular complexity index is 976. The van der Waals surface area contributed by atoms with Crippen LogP contribution in [0.15, 0.2) is 36.5 Å². The molecular weight excluding hydrogens is 352 g/mol. The van der Waals surface area contributed by atoms with E-state index in [2.05, 4.69) is 32.4 Å². The van der Waals surface area contributed by atoms with Gasteiger partial charge >= 0.3 is 0 Å². The number of amides is 1. The van der Waals surface area contributed by atoms with Crippen LogP contribution in [0.25, 0.3) is 16.9 Å². The third kappa shape index (κ3) is 3.62. The molecule has 1 N–H and O–H groups in total. The summed E-state index contributed by atoms with van der Waals surface area (Å²) >= 11 is 0. The largest absolute Gasteiger partial charge is 0.352 e. The lowest BCUT2D eigenvalue weighted by atomic mass is 10.1. The second-order valence-corrected chi connectivity index (χ2v) is 7.43. The van der Waals surface area contributed by atoms with E-state index in [1.54, 1.807) is 10.9 Å². The maximum atomic E-state index is 12.8. The molecule has 1 saturated heterocycles. The lowest BCUT2D eigenvalue weighted by molar-refractivity contribution is 0.0949. The van der Waals surface area contributed by atoms with E-state index in [1.807, 2.05) is 37.3 Å². The fraction of sp³-hybridized carbons (Fsp3) is 0.429. The van der Waals surface area contributed by atoms with Crippen molar-refractivity contribution in [2.45, 2.75) is 39.2 Å². The first-order chi connectivity index (χ1) is 13.6. The molecule has 4 rings (SSSR count). The highest BCUT2D eigenvalue weighted by Crippen LogP contribution is 2.21. The number of pyridine rings is 1. The van der Waals surface area contributed by atoms with Gasteiger partial charge in [-0.25, -0.2) is 4.98 Å². The minimum absolute atomic E-state index is 0.0506. The molecule has 0 radical (unpaired) electrons. The number of hydrogen-bond donors (Lipinski definition) is 1. The van der Waals surface area contributed by atoms with E-state index in [4.69, 9.17) is 0 Å². The zero-order valence-corrected chi connectivity index (χ0v) is 16.4. The summed E-state index contributed by atoms with van der Waals surface area (Å²) in [4.78, 5) is 19.6. The molecule has 146 valence electrons. The van der Waals surface area contributed by atoms with Gasteiger partial charge in [-0.1, -0.05) is 11.3 Å². The van der Waals surface area contributed by atoms with E-state index < -0.39 is 0 Å². The topological polar surface area (TPSA) is 75.9 Å². The van der Waals surface area contributed by atoms with Gasteiger partial charge < -0.3 is 10.2 Å². The predicted octanol–water partition coefficient (Wildman–Crippen LogP) is 2.73. The van der Waals surface area contributed by atoms with Crippen molar-refractivity contribution in [2.75, 3.05) is 19.6 Å². The summed E-state index contributed by atoms with van der Waals surface area (Å²) in [5.74, 6) is -0.0506. The third-order valence-corrected chi connectivity index (χ3v) is 5.60. The molecule has 0 spiro atoms. The van der Waals surface area contributed by atoms with Crippen LogP contribution in [0.3, 0.4) is 0 Å². The number of nitrogens with one attached hydrogen (secondary N) is 1. The highest BCUT2D eigenvalue weighted by Gasteiger charge is 2.19. The van der Waals surface area contributed by atoms with Crippen molar-refractivity contribution in [1.29, 1.82) is 0 Å². The second kappa shape index (κ2) is 8.06. The number of fused-ring (bicyclic) bond motifs is 1. The number of likely N-dealkylation sites (tertiary alicyclic amines) is 1. The van der Waals surface area contributed by atoms with Gasteiger partial charge in [-0.3, -0.25) is 4.79 Å².